The molecule has 0 heterocycles. The molecule has 1 rings (SSSR count). The van der Waals surface area contributed by atoms with Gasteiger partial charge in [0.2, 0.25) is 0 Å². The van der Waals surface area contributed by atoms with Crippen LogP contribution >= 0.6 is 11.8 Å². The summed E-state index contributed by atoms with van der Waals surface area (Å²) in [5.74, 6) is 0.520. The van der Waals surface area contributed by atoms with Crippen molar-refractivity contribution in [2.45, 2.75) is 23.7 Å². The molecule has 1 aromatic rings. The van der Waals surface area contributed by atoms with E-state index in [0.717, 1.165) is 23.6 Å². The fourth-order valence-electron chi connectivity index (χ4n) is 1.45. The van der Waals surface area contributed by atoms with E-state index in [0.29, 0.717) is 0 Å². The molecule has 1 aromatic carbocycles. The predicted octanol–water partition coefficient (Wildman–Crippen LogP) is 2.96. The van der Waals surface area contributed by atoms with Crippen LogP contribution in [0, 0.1) is 0 Å². The lowest BCUT2D eigenvalue weighted by molar-refractivity contribution is -0.274. The number of benzene rings is 1. The third-order valence-corrected chi connectivity index (χ3v) is 3.67. The smallest absolute Gasteiger partial charge is 0.406 e. The summed E-state index contributed by atoms with van der Waals surface area (Å²) in [6, 6.07) is 5.88. The van der Waals surface area contributed by atoms with Crippen LogP contribution in [0.2, 0.25) is 0 Å². The number of rotatable bonds is 7. The molecule has 3 nitrogen and oxygen atoms in total. The Morgan fingerprint density at radius 3 is 2.35 bits per heavy atom. The van der Waals surface area contributed by atoms with Gasteiger partial charge in [-0.3, -0.25) is 0 Å². The maximum absolute atomic E-state index is 12.0. The normalized spacial score (nSPS) is 13.6. The summed E-state index contributed by atoms with van der Waals surface area (Å²) < 4.78 is 39.8. The highest BCUT2D eigenvalue weighted by Crippen LogP contribution is 2.26. The van der Waals surface area contributed by atoms with Gasteiger partial charge in [0.15, 0.2) is 0 Å². The van der Waals surface area contributed by atoms with Gasteiger partial charge in [0, 0.05) is 16.7 Å². The average Bonchev–Trinajstić information content (AvgIpc) is 2.33. The van der Waals surface area contributed by atoms with Crippen molar-refractivity contribution in [3.63, 3.8) is 0 Å². The number of thioether (sulfide) groups is 1. The lowest BCUT2D eigenvalue weighted by Gasteiger charge is -2.15. The van der Waals surface area contributed by atoms with Gasteiger partial charge in [0.25, 0.3) is 0 Å². The van der Waals surface area contributed by atoms with Crippen LogP contribution in [0.25, 0.3) is 0 Å². The largest absolute Gasteiger partial charge is 0.573 e. The van der Waals surface area contributed by atoms with Crippen LogP contribution in [0.1, 0.15) is 6.42 Å². The van der Waals surface area contributed by atoms with Gasteiger partial charge in [0.05, 0.1) is 0 Å². The van der Waals surface area contributed by atoms with Crippen molar-refractivity contribution in [3.05, 3.63) is 24.3 Å². The molecule has 0 aliphatic carbocycles. The van der Waals surface area contributed by atoms with Crippen molar-refractivity contribution in [3.8, 4) is 5.75 Å². The molecule has 0 spiro atoms. The number of nitrogens with two attached hydrogens (primary N) is 1. The van der Waals surface area contributed by atoms with Crippen molar-refractivity contribution in [2.75, 3.05) is 26.4 Å². The first-order valence-corrected chi connectivity index (χ1v) is 7.14. The molecule has 114 valence electrons. The zero-order valence-corrected chi connectivity index (χ0v) is 12.3. The van der Waals surface area contributed by atoms with Gasteiger partial charge in [0.1, 0.15) is 5.75 Å². The summed E-state index contributed by atoms with van der Waals surface area (Å²) in [5, 5.41) is 0. The molecule has 0 aliphatic heterocycles. The number of ether oxygens (including phenoxy) is 1. The number of hydrogen-bond acceptors (Lipinski definition) is 4. The van der Waals surface area contributed by atoms with Crippen LogP contribution < -0.4 is 10.5 Å². The number of alkyl halides is 3. The Hall–Kier alpha value is -0.920. The summed E-state index contributed by atoms with van der Waals surface area (Å²) >= 11 is 1.53. The lowest BCUT2D eigenvalue weighted by Crippen LogP contribution is -2.28. The second kappa shape index (κ2) is 7.75. The Morgan fingerprint density at radius 1 is 1.25 bits per heavy atom. The van der Waals surface area contributed by atoms with Crippen LogP contribution in [0.3, 0.4) is 0 Å². The van der Waals surface area contributed by atoms with Crippen LogP contribution in [0.4, 0.5) is 13.2 Å². The molecule has 0 bridgehead atoms. The molecular weight excluding hydrogens is 289 g/mol. The van der Waals surface area contributed by atoms with E-state index in [9.17, 15) is 13.2 Å². The van der Waals surface area contributed by atoms with E-state index in [1.165, 1.54) is 23.9 Å². The number of halogens is 3. The lowest BCUT2D eigenvalue weighted by atomic mass is 10.2. The van der Waals surface area contributed by atoms with Crippen LogP contribution in [-0.4, -0.2) is 43.7 Å². The fourth-order valence-corrected chi connectivity index (χ4v) is 2.35. The van der Waals surface area contributed by atoms with Gasteiger partial charge >= 0.3 is 6.36 Å². The summed E-state index contributed by atoms with van der Waals surface area (Å²) in [6.07, 6.45) is -3.77. The van der Waals surface area contributed by atoms with Gasteiger partial charge in [-0.15, -0.1) is 24.9 Å². The van der Waals surface area contributed by atoms with E-state index >= 15 is 0 Å². The van der Waals surface area contributed by atoms with E-state index < -0.39 is 6.36 Å². The van der Waals surface area contributed by atoms with Crippen molar-refractivity contribution < 1.29 is 17.9 Å². The first kappa shape index (κ1) is 17.1. The monoisotopic (exact) mass is 308 g/mol. The van der Waals surface area contributed by atoms with Crippen molar-refractivity contribution in [1.29, 1.82) is 0 Å². The van der Waals surface area contributed by atoms with E-state index in [4.69, 9.17) is 5.73 Å². The maximum atomic E-state index is 12.0. The highest BCUT2D eigenvalue weighted by molar-refractivity contribution is 7.99. The minimum atomic E-state index is -4.65. The Labute approximate surface area is 121 Å². The first-order chi connectivity index (χ1) is 9.26. The van der Waals surface area contributed by atoms with Gasteiger partial charge in [-0.1, -0.05) is 0 Å². The minimum Gasteiger partial charge on any atom is -0.406 e. The standard InChI is InChI=1S/C13H19F3N2OS/c1-18(2)8-7-10(17)9-20-12-5-3-11(4-6-12)19-13(14,15)16/h3-6,10H,7-9,17H2,1-2H3/t10-/m1/s1. The molecule has 0 saturated heterocycles. The summed E-state index contributed by atoms with van der Waals surface area (Å²) in [6.45, 7) is 0.917. The van der Waals surface area contributed by atoms with Gasteiger partial charge in [-0.25, -0.2) is 0 Å². The van der Waals surface area contributed by atoms with Crippen LogP contribution in [0.5, 0.6) is 5.75 Å². The third-order valence-electron chi connectivity index (χ3n) is 2.47. The summed E-state index contributed by atoms with van der Waals surface area (Å²) in [7, 11) is 3.97. The summed E-state index contributed by atoms with van der Waals surface area (Å²) in [4.78, 5) is 2.94. The Kier molecular flexibility index (Phi) is 6.64. The molecule has 0 radical (unpaired) electrons. The molecule has 0 amide bonds. The average molecular weight is 308 g/mol. The van der Waals surface area contributed by atoms with Crippen LogP contribution in [0.15, 0.2) is 29.2 Å². The highest BCUT2D eigenvalue weighted by atomic mass is 32.2. The molecule has 0 aromatic heterocycles. The quantitative estimate of drug-likeness (QED) is 0.786. The van der Waals surface area contributed by atoms with Crippen LogP contribution in [-0.2, 0) is 0 Å². The summed E-state index contributed by atoms with van der Waals surface area (Å²) in [5.41, 5.74) is 5.96. The highest BCUT2D eigenvalue weighted by Gasteiger charge is 2.30. The predicted molar refractivity (Wildman–Crippen MR) is 75.0 cm³/mol. The number of hydrogen-bond donors (Lipinski definition) is 1. The maximum Gasteiger partial charge on any atom is 0.573 e. The third kappa shape index (κ3) is 7.62. The Balaban J connectivity index is 2.38. The number of nitrogens with zero attached hydrogens (tertiary/aromatic N) is 1. The molecule has 0 fully saturated rings. The molecule has 0 saturated carbocycles. The Morgan fingerprint density at radius 2 is 1.85 bits per heavy atom. The molecule has 7 heteroatoms. The molecule has 0 unspecified atom stereocenters. The Bertz CT molecular complexity index is 396. The first-order valence-electron chi connectivity index (χ1n) is 6.15. The minimum absolute atomic E-state index is 0.0634. The van der Waals surface area contributed by atoms with Crippen molar-refractivity contribution >= 4 is 11.8 Å². The molecule has 0 aliphatic rings. The zero-order chi connectivity index (χ0) is 15.2. The van der Waals surface area contributed by atoms with Gasteiger partial charge in [-0.2, -0.15) is 0 Å². The molecule has 1 atom stereocenters. The molecule has 20 heavy (non-hydrogen) atoms. The van der Waals surface area contributed by atoms with Gasteiger partial charge in [-0.05, 0) is 51.3 Å². The topological polar surface area (TPSA) is 38.5 Å². The van der Waals surface area contributed by atoms with Crippen molar-refractivity contribution in [1.82, 2.24) is 4.90 Å². The SMILES string of the molecule is CN(C)CC[C@@H](N)CSc1ccc(OC(F)(F)F)cc1. The second-order valence-corrected chi connectivity index (χ2v) is 5.78. The van der Waals surface area contributed by atoms with Gasteiger partial charge < -0.3 is 15.4 Å². The van der Waals surface area contributed by atoms with E-state index in [2.05, 4.69) is 9.64 Å². The fraction of sp³-hybridized carbons (Fsp3) is 0.538. The van der Waals surface area contributed by atoms with E-state index in [-0.39, 0.29) is 11.8 Å². The van der Waals surface area contributed by atoms with E-state index in [1.807, 2.05) is 14.1 Å². The molecular formula is C13H19F3N2OS. The second-order valence-electron chi connectivity index (χ2n) is 4.68. The molecule has 2 N–H and O–H groups in total. The zero-order valence-electron chi connectivity index (χ0n) is 11.5. The van der Waals surface area contributed by atoms with E-state index in [1.54, 1.807) is 12.1 Å². The van der Waals surface area contributed by atoms with Crippen molar-refractivity contribution in [2.24, 2.45) is 5.73 Å².